The van der Waals surface area contributed by atoms with Crippen molar-refractivity contribution in [1.29, 1.82) is 0 Å². The highest BCUT2D eigenvalue weighted by Crippen LogP contribution is 2.25. The van der Waals surface area contributed by atoms with Crippen LogP contribution in [0.25, 0.3) is 6.08 Å². The number of ether oxygens (including phenoxy) is 2. The molecule has 6 heteroatoms. The smallest absolute Gasteiger partial charge is 0.331 e. The molecule has 0 aliphatic rings. The summed E-state index contributed by atoms with van der Waals surface area (Å²) < 4.78 is 10.3. The van der Waals surface area contributed by atoms with E-state index < -0.39 is 18.0 Å². The predicted octanol–water partition coefficient (Wildman–Crippen LogP) is 4.24. The highest BCUT2D eigenvalue weighted by molar-refractivity contribution is 6.30. The van der Waals surface area contributed by atoms with Gasteiger partial charge in [-0.05, 0) is 55.3 Å². The molecule has 0 saturated carbocycles. The topological polar surface area (TPSA) is 64.6 Å². The van der Waals surface area contributed by atoms with Crippen LogP contribution >= 0.6 is 11.6 Å². The molecule has 0 saturated heterocycles. The number of hydrogen-bond acceptors (Lipinski definition) is 4. The molecule has 0 aromatic heterocycles. The van der Waals surface area contributed by atoms with Gasteiger partial charge in [0.25, 0.3) is 5.91 Å². The molecule has 0 fully saturated rings. The van der Waals surface area contributed by atoms with Crippen LogP contribution in [0.15, 0.2) is 48.5 Å². The second kappa shape index (κ2) is 9.06. The lowest BCUT2D eigenvalue weighted by atomic mass is 10.2. The Labute approximate surface area is 157 Å². The van der Waals surface area contributed by atoms with E-state index in [0.29, 0.717) is 16.5 Å². The van der Waals surface area contributed by atoms with Gasteiger partial charge < -0.3 is 14.8 Å². The van der Waals surface area contributed by atoms with Gasteiger partial charge in [0.05, 0.1) is 12.8 Å². The summed E-state index contributed by atoms with van der Waals surface area (Å²) in [6, 6.07) is 12.4. The molecule has 0 spiro atoms. The fourth-order valence-electron chi connectivity index (χ4n) is 2.20. The molecule has 2 rings (SSSR count). The summed E-state index contributed by atoms with van der Waals surface area (Å²) in [4.78, 5) is 24.2. The predicted molar refractivity (Wildman–Crippen MR) is 102 cm³/mol. The van der Waals surface area contributed by atoms with Crippen molar-refractivity contribution in [2.45, 2.75) is 20.0 Å². The first-order valence-corrected chi connectivity index (χ1v) is 8.36. The number of carbonyl (C=O) groups is 2. The van der Waals surface area contributed by atoms with Gasteiger partial charge in [0.1, 0.15) is 5.75 Å². The molecule has 0 aliphatic heterocycles. The Morgan fingerprint density at radius 1 is 1.19 bits per heavy atom. The number of aryl methyl sites for hydroxylation is 1. The second-order valence-corrected chi connectivity index (χ2v) is 6.10. The van der Waals surface area contributed by atoms with Crippen molar-refractivity contribution < 1.29 is 19.1 Å². The molecular formula is C20H20ClNO4. The molecule has 136 valence electrons. The van der Waals surface area contributed by atoms with Crippen molar-refractivity contribution in [3.63, 3.8) is 0 Å². The van der Waals surface area contributed by atoms with Crippen LogP contribution < -0.4 is 10.1 Å². The summed E-state index contributed by atoms with van der Waals surface area (Å²) in [5, 5.41) is 3.28. The summed E-state index contributed by atoms with van der Waals surface area (Å²) in [7, 11) is 1.52. The zero-order valence-corrected chi connectivity index (χ0v) is 15.5. The average molecular weight is 374 g/mol. The molecule has 5 nitrogen and oxygen atoms in total. The average Bonchev–Trinajstić information content (AvgIpc) is 2.60. The van der Waals surface area contributed by atoms with E-state index in [1.165, 1.54) is 20.1 Å². The first-order valence-electron chi connectivity index (χ1n) is 7.99. The van der Waals surface area contributed by atoms with Crippen LogP contribution in [0.1, 0.15) is 18.1 Å². The molecule has 0 radical (unpaired) electrons. The quantitative estimate of drug-likeness (QED) is 0.607. The maximum absolute atomic E-state index is 12.3. The highest BCUT2D eigenvalue weighted by atomic mass is 35.5. The Morgan fingerprint density at radius 3 is 2.65 bits per heavy atom. The van der Waals surface area contributed by atoms with E-state index in [1.54, 1.807) is 42.5 Å². The minimum atomic E-state index is -0.961. The lowest BCUT2D eigenvalue weighted by molar-refractivity contribution is -0.148. The first kappa shape index (κ1) is 19.5. The number of nitrogens with one attached hydrogen (secondary N) is 1. The van der Waals surface area contributed by atoms with Crippen LogP contribution in [-0.2, 0) is 14.3 Å². The van der Waals surface area contributed by atoms with Gasteiger partial charge in [-0.25, -0.2) is 4.79 Å². The van der Waals surface area contributed by atoms with Gasteiger partial charge in [-0.1, -0.05) is 29.8 Å². The third-order valence-electron chi connectivity index (χ3n) is 3.54. The van der Waals surface area contributed by atoms with Crippen LogP contribution in [0.3, 0.4) is 0 Å². The van der Waals surface area contributed by atoms with E-state index in [1.807, 2.05) is 13.0 Å². The largest absolute Gasteiger partial charge is 0.495 e. The summed E-state index contributed by atoms with van der Waals surface area (Å²) >= 11 is 5.89. The molecule has 2 aromatic carbocycles. The minimum Gasteiger partial charge on any atom is -0.495 e. The highest BCUT2D eigenvalue weighted by Gasteiger charge is 2.18. The van der Waals surface area contributed by atoms with Gasteiger partial charge in [-0.2, -0.15) is 0 Å². The van der Waals surface area contributed by atoms with Crippen molar-refractivity contribution in [1.82, 2.24) is 0 Å². The van der Waals surface area contributed by atoms with Gasteiger partial charge in [0, 0.05) is 11.1 Å². The molecule has 0 aliphatic carbocycles. The standard InChI is InChI=1S/C20H20ClNO4/c1-13-7-9-18(25-3)17(11-13)22-20(24)14(2)26-19(23)10-8-15-5-4-6-16(21)12-15/h4-12,14H,1-3H3,(H,22,24)/b10-8+. The number of hydrogen-bond donors (Lipinski definition) is 1. The fourth-order valence-corrected chi connectivity index (χ4v) is 2.39. The van der Waals surface area contributed by atoms with Gasteiger partial charge in [-0.15, -0.1) is 0 Å². The molecule has 26 heavy (non-hydrogen) atoms. The molecule has 1 amide bonds. The van der Waals surface area contributed by atoms with E-state index in [0.717, 1.165) is 11.1 Å². The molecular weight excluding hydrogens is 354 g/mol. The van der Waals surface area contributed by atoms with Gasteiger partial charge in [0.15, 0.2) is 6.10 Å². The number of esters is 1. The van der Waals surface area contributed by atoms with Crippen molar-refractivity contribution in [3.8, 4) is 5.75 Å². The number of anilines is 1. The van der Waals surface area contributed by atoms with Crippen LogP contribution in [0.2, 0.25) is 5.02 Å². The summed E-state index contributed by atoms with van der Waals surface area (Å²) in [5.74, 6) is -0.537. The summed E-state index contributed by atoms with van der Waals surface area (Å²) in [6.07, 6.45) is 1.86. The summed E-state index contributed by atoms with van der Waals surface area (Å²) in [6.45, 7) is 3.40. The number of benzene rings is 2. The van der Waals surface area contributed by atoms with Crippen LogP contribution in [-0.4, -0.2) is 25.1 Å². The fraction of sp³-hybridized carbons (Fsp3) is 0.200. The third kappa shape index (κ3) is 5.63. The molecule has 1 unspecified atom stereocenters. The Hall–Kier alpha value is -2.79. The molecule has 0 heterocycles. The number of rotatable bonds is 6. The Kier molecular flexibility index (Phi) is 6.81. The van der Waals surface area contributed by atoms with Crippen LogP contribution in [0, 0.1) is 6.92 Å². The molecule has 0 bridgehead atoms. The zero-order valence-electron chi connectivity index (χ0n) is 14.8. The first-order chi connectivity index (χ1) is 12.4. The van der Waals surface area contributed by atoms with Crippen molar-refractivity contribution in [2.24, 2.45) is 0 Å². The van der Waals surface area contributed by atoms with E-state index in [-0.39, 0.29) is 0 Å². The van der Waals surface area contributed by atoms with Crippen molar-refractivity contribution >= 4 is 35.2 Å². The van der Waals surface area contributed by atoms with E-state index in [2.05, 4.69) is 5.32 Å². The minimum absolute atomic E-state index is 0.446. The van der Waals surface area contributed by atoms with Crippen molar-refractivity contribution in [2.75, 3.05) is 12.4 Å². The Balaban J connectivity index is 1.96. The third-order valence-corrected chi connectivity index (χ3v) is 3.77. The lowest BCUT2D eigenvalue weighted by Crippen LogP contribution is -2.29. The van der Waals surface area contributed by atoms with E-state index in [4.69, 9.17) is 21.1 Å². The maximum atomic E-state index is 12.3. The molecule has 1 atom stereocenters. The van der Waals surface area contributed by atoms with Gasteiger partial charge in [-0.3, -0.25) is 4.79 Å². The van der Waals surface area contributed by atoms with Crippen molar-refractivity contribution in [3.05, 3.63) is 64.7 Å². The van der Waals surface area contributed by atoms with Crippen LogP contribution in [0.4, 0.5) is 5.69 Å². The Bertz CT molecular complexity index is 832. The second-order valence-electron chi connectivity index (χ2n) is 5.66. The number of methoxy groups -OCH3 is 1. The SMILES string of the molecule is COc1ccc(C)cc1NC(=O)C(C)OC(=O)/C=C/c1cccc(Cl)c1. The van der Waals surface area contributed by atoms with E-state index in [9.17, 15) is 9.59 Å². The molecule has 1 N–H and O–H groups in total. The Morgan fingerprint density at radius 2 is 1.96 bits per heavy atom. The lowest BCUT2D eigenvalue weighted by Gasteiger charge is -2.15. The summed E-state index contributed by atoms with van der Waals surface area (Å²) in [5.41, 5.74) is 2.25. The monoisotopic (exact) mass is 373 g/mol. The maximum Gasteiger partial charge on any atom is 0.331 e. The zero-order chi connectivity index (χ0) is 19.1. The van der Waals surface area contributed by atoms with Gasteiger partial charge in [0.2, 0.25) is 0 Å². The molecule has 2 aromatic rings. The van der Waals surface area contributed by atoms with Crippen LogP contribution in [0.5, 0.6) is 5.75 Å². The number of amides is 1. The van der Waals surface area contributed by atoms with E-state index >= 15 is 0 Å². The number of halogens is 1. The van der Waals surface area contributed by atoms with Gasteiger partial charge >= 0.3 is 5.97 Å². The number of carbonyl (C=O) groups excluding carboxylic acids is 2. The normalized spacial score (nSPS) is 11.8.